The summed E-state index contributed by atoms with van der Waals surface area (Å²) in [5, 5.41) is 48.9. The van der Waals surface area contributed by atoms with Gasteiger partial charge in [-0.15, -0.1) is 19.1 Å². The minimum absolute atomic E-state index is 0. The molecule has 0 saturated carbocycles. The van der Waals surface area contributed by atoms with Gasteiger partial charge in [0, 0.05) is 128 Å². The fourth-order valence-electron chi connectivity index (χ4n) is 6.37. The number of ketones is 3. The molecule has 18 heteroatoms. The maximum atomic E-state index is 13.8. The van der Waals surface area contributed by atoms with Crippen molar-refractivity contribution in [1.82, 2.24) is 0 Å². The molecule has 2 saturated heterocycles. The molecule has 0 aromatic heterocycles. The minimum atomic E-state index is -2.04. The molecule has 0 spiro atoms. The fourth-order valence-corrected chi connectivity index (χ4v) is 6.37. The van der Waals surface area contributed by atoms with Crippen molar-refractivity contribution in [2.45, 2.75) is 75.6 Å². The van der Waals surface area contributed by atoms with Gasteiger partial charge in [0.1, 0.15) is 22.8 Å². The molecule has 13 nitrogen and oxygen atoms in total. The predicted molar refractivity (Wildman–Crippen MR) is 144 cm³/mol. The summed E-state index contributed by atoms with van der Waals surface area (Å²) in [7, 11) is 1.34. The van der Waals surface area contributed by atoms with E-state index < -0.39 is 88.9 Å². The number of phenolic OH excluding ortho intramolecular Hbond substituents is 2. The summed E-state index contributed by atoms with van der Waals surface area (Å²) in [6, 6.07) is 3.81. The number of carbonyl (C=O) groups is 3. The second kappa shape index (κ2) is 17.8. The largest absolute Gasteiger partial charge is 0.693 e. The first-order valence-electron chi connectivity index (χ1n) is 13.7. The van der Waals surface area contributed by atoms with Crippen LogP contribution in [0.3, 0.4) is 0 Å². The van der Waals surface area contributed by atoms with E-state index in [4.69, 9.17) is 23.7 Å². The van der Waals surface area contributed by atoms with Gasteiger partial charge in [0.2, 0.25) is 5.78 Å². The van der Waals surface area contributed by atoms with Crippen LogP contribution in [-0.2, 0) is 123 Å². The van der Waals surface area contributed by atoms with Crippen LogP contribution in [0.25, 0.3) is 5.32 Å². The molecule has 2 heterocycles. The van der Waals surface area contributed by atoms with Crippen molar-refractivity contribution >= 4 is 17.3 Å². The molecule has 7 atom stereocenters. The Hall–Kier alpha value is -0.508. The van der Waals surface area contributed by atoms with Crippen LogP contribution < -0.4 is 4.74 Å². The Labute approximate surface area is 336 Å². The Morgan fingerprint density at radius 1 is 1.04 bits per heavy atom. The van der Waals surface area contributed by atoms with Crippen molar-refractivity contribution < 1.29 is 151 Å². The molecule has 2 aromatic carbocycles. The van der Waals surface area contributed by atoms with Gasteiger partial charge in [-0.3, -0.25) is 14.4 Å². The van der Waals surface area contributed by atoms with E-state index in [-0.39, 0.29) is 134 Å². The van der Waals surface area contributed by atoms with E-state index in [0.29, 0.717) is 0 Å². The van der Waals surface area contributed by atoms with Crippen molar-refractivity contribution in [3.8, 4) is 17.2 Å². The molecule has 255 valence electrons. The number of benzene rings is 2. The number of ether oxygens (including phenoxy) is 5. The monoisotopic (exact) mass is 851 g/mol. The number of methoxy groups -OCH3 is 1. The van der Waals surface area contributed by atoms with Gasteiger partial charge < -0.3 is 49.4 Å². The molecule has 2 aliphatic heterocycles. The number of hydrogen-bond acceptors (Lipinski definition) is 12. The second-order valence-corrected chi connectivity index (χ2v) is 11.1. The van der Waals surface area contributed by atoms with Gasteiger partial charge in [-0.05, 0) is 26.3 Å². The summed E-state index contributed by atoms with van der Waals surface area (Å²) in [5.41, 5.74) is -3.15. The van der Waals surface area contributed by atoms with E-state index >= 15 is 0 Å². The Kier molecular flexibility index (Phi) is 16.9. The van der Waals surface area contributed by atoms with Crippen LogP contribution in [0.5, 0.6) is 17.2 Å². The molecule has 1 unspecified atom stereocenters. The number of hydrogen-bond donors (Lipinski definition) is 4. The fraction of sp³-hybridized carbons (Fsp3) is 0.433. The molecule has 2 fully saturated rings. The quantitative estimate of drug-likeness (QED) is 0.221. The zero-order valence-corrected chi connectivity index (χ0v) is 32.7. The number of nitrogens with zero attached hydrogens (tertiary/aromatic N) is 1. The molecule has 5 radical (unpaired) electrons. The molecule has 2 aliphatic carbocycles. The van der Waals surface area contributed by atoms with Gasteiger partial charge >= 0.3 is 0 Å². The van der Waals surface area contributed by atoms with Crippen LogP contribution in [0.15, 0.2) is 18.2 Å². The van der Waals surface area contributed by atoms with Crippen LogP contribution in [0.4, 0.5) is 0 Å². The minimum Gasteiger partial charge on any atom is -0.693 e. The predicted octanol–water partition coefficient (Wildman–Crippen LogP) is 2.09. The summed E-state index contributed by atoms with van der Waals surface area (Å²) in [4.78, 5) is 40.0. The number of aliphatic hydroxyl groups excluding tert-OH is 1. The summed E-state index contributed by atoms with van der Waals surface area (Å²) in [6.45, 7) is 5.02. The van der Waals surface area contributed by atoms with E-state index in [9.17, 15) is 34.8 Å². The molecule has 6 rings (SSSR count). The average Bonchev–Trinajstić information content (AvgIpc) is 2.95. The van der Waals surface area contributed by atoms with Crippen LogP contribution in [0, 0.1) is 13.4 Å². The van der Waals surface area contributed by atoms with Crippen molar-refractivity contribution in [2.75, 3.05) is 7.11 Å². The molecule has 4 aliphatic rings. The van der Waals surface area contributed by atoms with Crippen molar-refractivity contribution in [3.05, 3.63) is 70.3 Å². The summed E-state index contributed by atoms with van der Waals surface area (Å²) < 4.78 is 28.1. The molecule has 48 heavy (non-hydrogen) atoms. The normalized spacial score (nSPS) is 28.7. The third kappa shape index (κ3) is 7.94. The summed E-state index contributed by atoms with van der Waals surface area (Å²) >= 11 is 0. The molecular formula is C30H30NO12V5-3. The van der Waals surface area contributed by atoms with E-state index in [1.54, 1.807) is 6.92 Å². The van der Waals surface area contributed by atoms with Crippen molar-refractivity contribution in [3.63, 3.8) is 0 Å². The summed E-state index contributed by atoms with van der Waals surface area (Å²) in [5.74, 6) is -3.25. The molecule has 0 bridgehead atoms. The van der Waals surface area contributed by atoms with Crippen molar-refractivity contribution in [1.29, 1.82) is 0 Å². The van der Waals surface area contributed by atoms with Gasteiger partial charge in [0.25, 0.3) is 0 Å². The van der Waals surface area contributed by atoms with E-state index in [1.807, 2.05) is 0 Å². The number of Topliss-reactive ketones (excluding diaryl/α,β-unsaturated/α-hetero) is 1. The van der Waals surface area contributed by atoms with Gasteiger partial charge in [0.15, 0.2) is 17.9 Å². The average molecular weight is 851 g/mol. The number of aliphatic hydroxyl groups is 2. The second-order valence-electron chi connectivity index (χ2n) is 11.1. The van der Waals surface area contributed by atoms with Gasteiger partial charge in [0.05, 0.1) is 36.0 Å². The first-order chi connectivity index (χ1) is 20.4. The molecule has 4 N–H and O–H groups in total. The molecule has 2 aromatic rings. The zero-order valence-electron chi connectivity index (χ0n) is 25.7. The van der Waals surface area contributed by atoms with Gasteiger partial charge in [-0.25, -0.2) is 6.61 Å². The van der Waals surface area contributed by atoms with Crippen LogP contribution >= 0.6 is 0 Å². The SMILES string of the molecule is COc1cccc2c1C(=O)c1c(O)c3c(c(O)c1C2=O)C[C@@](O)(C(C)=O)C[C@@H]3O[C@H]1C[C@@H]2[N-]C(O)[CH-]O[CH-]O[C@@H]2[C@H](C)O1.[V].[V].[V].[V].[V]. The molecule has 0 amide bonds. The number of carbonyl (C=O) groups excluding carboxylic acids is 3. The van der Waals surface area contributed by atoms with E-state index in [1.165, 1.54) is 32.2 Å². The molecular weight excluding hydrogens is 821 g/mol. The number of fused-ring (bicyclic) bond motifs is 4. The van der Waals surface area contributed by atoms with Crippen LogP contribution in [0.2, 0.25) is 0 Å². The number of rotatable bonds is 4. The Morgan fingerprint density at radius 2 is 1.71 bits per heavy atom. The Morgan fingerprint density at radius 3 is 2.35 bits per heavy atom. The maximum Gasteiger partial charge on any atom is 0.202 e. The summed E-state index contributed by atoms with van der Waals surface area (Å²) in [6.07, 6.45) is -5.54. The Balaban J connectivity index is 0.00000230. The maximum absolute atomic E-state index is 13.8. The first-order valence-corrected chi connectivity index (χ1v) is 13.7. The van der Waals surface area contributed by atoms with Crippen molar-refractivity contribution in [2.24, 2.45) is 0 Å². The standard InChI is InChI=1S/C30H30NO12.5V/c1-12-29-16(31-19(33)10-40-11-41-29)7-20(42-12)43-18-9-30(38,13(2)32)8-15-22(18)28(37)24-23(26(15)35)25(34)14-5-4-6-17(39-3)21(14)27(24)36;;;;;/h4-6,10-12,16,18-20,29,33,35,37-38H,7-9H2,1-3H3;;;;;/q-3;;;;;/t12-,16-,18-,19?,20-,29+,30-;;;;;/m0...../s1. The van der Waals surface area contributed by atoms with Crippen LogP contribution in [0.1, 0.15) is 75.8 Å². The Bertz CT molecular complexity index is 1530. The topological polar surface area (TPSA) is 192 Å². The van der Waals surface area contributed by atoms with Crippen LogP contribution in [-0.4, -0.2) is 81.3 Å². The first kappa shape index (κ1) is 45.5. The number of aromatic hydroxyl groups is 2. The van der Waals surface area contributed by atoms with Gasteiger partial charge in [-0.2, -0.15) is 0 Å². The third-order valence-corrected chi connectivity index (χ3v) is 8.50. The van der Waals surface area contributed by atoms with E-state index in [2.05, 4.69) is 5.32 Å². The van der Waals surface area contributed by atoms with Gasteiger partial charge in [-0.1, -0.05) is 12.1 Å². The zero-order chi connectivity index (χ0) is 30.8. The van der Waals surface area contributed by atoms with E-state index in [0.717, 1.165) is 13.4 Å². The third-order valence-electron chi connectivity index (χ3n) is 8.50. The number of phenols is 2. The smallest absolute Gasteiger partial charge is 0.202 e.